The van der Waals surface area contributed by atoms with Crippen LogP contribution in [-0.2, 0) is 16.1 Å². The van der Waals surface area contributed by atoms with E-state index in [4.69, 9.17) is 4.74 Å². The summed E-state index contributed by atoms with van der Waals surface area (Å²) < 4.78 is 5.98. The molecule has 1 aromatic rings. The molecule has 0 aromatic carbocycles. The van der Waals surface area contributed by atoms with Gasteiger partial charge in [0.1, 0.15) is 6.54 Å². The standard InChI is InChI=1S/C10H14N2O3/c1-2-3-7-15-10(14)8-12-9(13)5-4-6-11-12/h4-6H,2-3,7-8H2,1H3. The first kappa shape index (κ1) is 11.4. The number of unbranched alkanes of at least 4 members (excludes halogenated alkanes) is 1. The molecule has 5 heteroatoms. The summed E-state index contributed by atoms with van der Waals surface area (Å²) in [6.45, 7) is 2.29. The van der Waals surface area contributed by atoms with E-state index in [1.54, 1.807) is 0 Å². The van der Waals surface area contributed by atoms with Gasteiger partial charge in [-0.1, -0.05) is 13.3 Å². The van der Waals surface area contributed by atoms with Crippen molar-refractivity contribution in [3.63, 3.8) is 0 Å². The van der Waals surface area contributed by atoms with Gasteiger partial charge in [-0.3, -0.25) is 9.59 Å². The highest BCUT2D eigenvalue weighted by atomic mass is 16.5. The number of hydrogen-bond acceptors (Lipinski definition) is 4. The van der Waals surface area contributed by atoms with Crippen LogP contribution in [0.5, 0.6) is 0 Å². The third-order valence-corrected chi connectivity index (χ3v) is 1.83. The Labute approximate surface area is 87.7 Å². The minimum Gasteiger partial charge on any atom is -0.464 e. The van der Waals surface area contributed by atoms with Crippen molar-refractivity contribution >= 4 is 5.97 Å². The number of carbonyl (C=O) groups is 1. The Hall–Kier alpha value is -1.65. The number of ether oxygens (including phenoxy) is 1. The average molecular weight is 210 g/mol. The Kier molecular flexibility index (Phi) is 4.53. The fourth-order valence-corrected chi connectivity index (χ4v) is 1.00. The first-order valence-electron chi connectivity index (χ1n) is 4.92. The maximum absolute atomic E-state index is 11.2. The Morgan fingerprint density at radius 3 is 3.07 bits per heavy atom. The molecule has 1 heterocycles. The lowest BCUT2D eigenvalue weighted by Gasteiger charge is -2.04. The molecule has 0 fully saturated rings. The van der Waals surface area contributed by atoms with Crippen molar-refractivity contribution in [3.8, 4) is 0 Å². The molecular formula is C10H14N2O3. The van der Waals surface area contributed by atoms with Crippen LogP contribution in [0.25, 0.3) is 0 Å². The molecule has 0 unspecified atom stereocenters. The predicted octanol–water partition coefficient (Wildman–Crippen LogP) is 0.587. The Balaban J connectivity index is 2.45. The molecule has 0 N–H and O–H groups in total. The van der Waals surface area contributed by atoms with E-state index in [-0.39, 0.29) is 12.1 Å². The number of hydrogen-bond donors (Lipinski definition) is 0. The van der Waals surface area contributed by atoms with Crippen LogP contribution in [0.2, 0.25) is 0 Å². The number of nitrogens with zero attached hydrogens (tertiary/aromatic N) is 2. The molecule has 0 atom stereocenters. The topological polar surface area (TPSA) is 61.2 Å². The second-order valence-corrected chi connectivity index (χ2v) is 3.09. The van der Waals surface area contributed by atoms with Crippen molar-refractivity contribution in [1.82, 2.24) is 9.78 Å². The monoisotopic (exact) mass is 210 g/mol. The van der Waals surface area contributed by atoms with E-state index in [1.165, 1.54) is 18.3 Å². The van der Waals surface area contributed by atoms with Gasteiger partial charge in [-0.2, -0.15) is 5.10 Å². The first-order chi connectivity index (χ1) is 7.24. The van der Waals surface area contributed by atoms with E-state index < -0.39 is 5.97 Å². The molecule has 0 spiro atoms. The summed E-state index contributed by atoms with van der Waals surface area (Å²) in [7, 11) is 0. The van der Waals surface area contributed by atoms with Gasteiger partial charge >= 0.3 is 5.97 Å². The molecule has 15 heavy (non-hydrogen) atoms. The van der Waals surface area contributed by atoms with Crippen LogP contribution in [0.4, 0.5) is 0 Å². The van der Waals surface area contributed by atoms with Crippen LogP contribution < -0.4 is 5.56 Å². The van der Waals surface area contributed by atoms with E-state index in [2.05, 4.69) is 5.10 Å². The molecule has 0 aliphatic heterocycles. The van der Waals surface area contributed by atoms with Gasteiger partial charge in [-0.15, -0.1) is 0 Å². The predicted molar refractivity (Wildman–Crippen MR) is 54.4 cm³/mol. The van der Waals surface area contributed by atoms with Gasteiger partial charge in [0.2, 0.25) is 0 Å². The fraction of sp³-hybridized carbons (Fsp3) is 0.500. The molecule has 1 aromatic heterocycles. The average Bonchev–Trinajstić information content (AvgIpc) is 2.22. The summed E-state index contributed by atoms with van der Waals surface area (Å²) in [6.07, 6.45) is 3.26. The minimum absolute atomic E-state index is 0.122. The molecule has 0 aliphatic carbocycles. The van der Waals surface area contributed by atoms with Crippen LogP contribution in [0.3, 0.4) is 0 Å². The fourth-order valence-electron chi connectivity index (χ4n) is 1.00. The summed E-state index contributed by atoms with van der Waals surface area (Å²) in [5, 5.41) is 3.75. The zero-order chi connectivity index (χ0) is 11.1. The highest BCUT2D eigenvalue weighted by Crippen LogP contribution is 1.89. The van der Waals surface area contributed by atoms with Crippen LogP contribution in [0, 0.1) is 0 Å². The Bertz CT molecular complexity index is 373. The molecule has 5 nitrogen and oxygen atoms in total. The quantitative estimate of drug-likeness (QED) is 0.527. The second kappa shape index (κ2) is 5.95. The highest BCUT2D eigenvalue weighted by Gasteiger charge is 2.05. The molecule has 0 radical (unpaired) electrons. The highest BCUT2D eigenvalue weighted by molar-refractivity contribution is 5.68. The van der Waals surface area contributed by atoms with Crippen LogP contribution >= 0.6 is 0 Å². The number of carbonyl (C=O) groups excluding carboxylic acids is 1. The zero-order valence-corrected chi connectivity index (χ0v) is 8.68. The molecule has 0 aliphatic rings. The van der Waals surface area contributed by atoms with E-state index in [9.17, 15) is 9.59 Å². The van der Waals surface area contributed by atoms with Gasteiger partial charge in [-0.25, -0.2) is 4.68 Å². The van der Waals surface area contributed by atoms with Crippen LogP contribution in [-0.4, -0.2) is 22.4 Å². The largest absolute Gasteiger partial charge is 0.464 e. The third kappa shape index (κ3) is 3.93. The van der Waals surface area contributed by atoms with Gasteiger partial charge in [0.05, 0.1) is 6.61 Å². The van der Waals surface area contributed by atoms with Crippen molar-refractivity contribution in [3.05, 3.63) is 28.7 Å². The molecule has 1 rings (SSSR count). The van der Waals surface area contributed by atoms with Gasteiger partial charge in [0, 0.05) is 12.3 Å². The number of rotatable bonds is 5. The molecule has 0 bridgehead atoms. The maximum Gasteiger partial charge on any atom is 0.327 e. The molecule has 82 valence electrons. The molecule has 0 saturated heterocycles. The van der Waals surface area contributed by atoms with E-state index in [0.29, 0.717) is 6.61 Å². The normalized spacial score (nSPS) is 9.93. The van der Waals surface area contributed by atoms with Crippen molar-refractivity contribution in [1.29, 1.82) is 0 Å². The van der Waals surface area contributed by atoms with Crippen molar-refractivity contribution in [2.45, 2.75) is 26.3 Å². The van der Waals surface area contributed by atoms with Crippen LogP contribution in [0.1, 0.15) is 19.8 Å². The van der Waals surface area contributed by atoms with Crippen molar-refractivity contribution < 1.29 is 9.53 Å². The number of aromatic nitrogens is 2. The smallest absolute Gasteiger partial charge is 0.327 e. The summed E-state index contributed by atoms with van der Waals surface area (Å²) in [4.78, 5) is 22.4. The molecule has 0 amide bonds. The lowest BCUT2D eigenvalue weighted by Crippen LogP contribution is -2.26. The second-order valence-electron chi connectivity index (χ2n) is 3.09. The van der Waals surface area contributed by atoms with Gasteiger partial charge < -0.3 is 4.74 Å². The lowest BCUT2D eigenvalue weighted by molar-refractivity contribution is -0.144. The summed E-state index contributed by atoms with van der Waals surface area (Å²) in [6, 6.07) is 2.88. The maximum atomic E-state index is 11.2. The van der Waals surface area contributed by atoms with E-state index in [1.807, 2.05) is 6.92 Å². The zero-order valence-electron chi connectivity index (χ0n) is 8.68. The minimum atomic E-state index is -0.427. The van der Waals surface area contributed by atoms with Crippen LogP contribution in [0.15, 0.2) is 23.1 Å². The molecule has 0 saturated carbocycles. The summed E-state index contributed by atoms with van der Waals surface area (Å²) in [5.41, 5.74) is -0.301. The SMILES string of the molecule is CCCCOC(=O)Cn1ncccc1=O. The van der Waals surface area contributed by atoms with Gasteiger partial charge in [0.15, 0.2) is 0 Å². The van der Waals surface area contributed by atoms with E-state index >= 15 is 0 Å². The lowest BCUT2D eigenvalue weighted by atomic mass is 10.4. The summed E-state index contributed by atoms with van der Waals surface area (Å²) in [5.74, 6) is -0.427. The van der Waals surface area contributed by atoms with Gasteiger partial charge in [0.25, 0.3) is 5.56 Å². The summed E-state index contributed by atoms with van der Waals surface area (Å²) >= 11 is 0. The molecular weight excluding hydrogens is 196 g/mol. The Morgan fingerprint density at radius 1 is 1.60 bits per heavy atom. The number of esters is 1. The van der Waals surface area contributed by atoms with Gasteiger partial charge in [-0.05, 0) is 12.5 Å². The first-order valence-corrected chi connectivity index (χ1v) is 4.92. The third-order valence-electron chi connectivity index (χ3n) is 1.83. The van der Waals surface area contributed by atoms with E-state index in [0.717, 1.165) is 17.5 Å². The van der Waals surface area contributed by atoms with Crippen molar-refractivity contribution in [2.75, 3.05) is 6.61 Å². The van der Waals surface area contributed by atoms with Crippen molar-refractivity contribution in [2.24, 2.45) is 0 Å². The Morgan fingerprint density at radius 2 is 2.40 bits per heavy atom.